The number of aromatic nitrogens is 2. The van der Waals surface area contributed by atoms with Crippen LogP contribution in [0.25, 0.3) is 11.0 Å². The van der Waals surface area contributed by atoms with Gasteiger partial charge in [-0.3, -0.25) is 4.79 Å². The highest BCUT2D eigenvalue weighted by molar-refractivity contribution is 6.31. The lowest BCUT2D eigenvalue weighted by Crippen LogP contribution is -2.17. The van der Waals surface area contributed by atoms with Crippen molar-refractivity contribution in [2.75, 3.05) is 6.61 Å². The minimum atomic E-state index is -0.360. The van der Waals surface area contributed by atoms with Gasteiger partial charge in [0.2, 0.25) is 0 Å². The molecule has 0 bridgehead atoms. The standard InChI is InChI=1S/C15H17ClN2O2/c1-3-20-15(19)9(2)14-17-12-7-4-10(16)8-13(12)18(14)11-5-6-11/h4,7-9,11H,3,5-6H2,1-2H3. The first-order chi connectivity index (χ1) is 9.61. The van der Waals surface area contributed by atoms with Crippen molar-refractivity contribution >= 4 is 28.6 Å². The number of rotatable bonds is 4. The fraction of sp³-hybridized carbons (Fsp3) is 0.467. The van der Waals surface area contributed by atoms with Gasteiger partial charge in [-0.1, -0.05) is 11.6 Å². The summed E-state index contributed by atoms with van der Waals surface area (Å²) < 4.78 is 7.27. The van der Waals surface area contributed by atoms with E-state index in [1.54, 1.807) is 0 Å². The molecule has 0 radical (unpaired) electrons. The summed E-state index contributed by atoms with van der Waals surface area (Å²) in [6, 6.07) is 6.08. The van der Waals surface area contributed by atoms with Crippen LogP contribution in [0.1, 0.15) is 44.5 Å². The third-order valence-corrected chi connectivity index (χ3v) is 3.85. The van der Waals surface area contributed by atoms with Crippen molar-refractivity contribution in [3.63, 3.8) is 0 Å². The molecule has 0 saturated heterocycles. The van der Waals surface area contributed by atoms with Gasteiger partial charge in [0.05, 0.1) is 17.6 Å². The molecule has 1 saturated carbocycles. The van der Waals surface area contributed by atoms with Crippen LogP contribution in [0.5, 0.6) is 0 Å². The number of benzene rings is 1. The molecule has 0 aliphatic heterocycles. The van der Waals surface area contributed by atoms with Crippen LogP contribution in [-0.2, 0) is 9.53 Å². The summed E-state index contributed by atoms with van der Waals surface area (Å²) in [6.45, 7) is 4.05. The van der Waals surface area contributed by atoms with E-state index in [0.717, 1.165) is 29.7 Å². The Morgan fingerprint density at radius 2 is 2.30 bits per heavy atom. The second-order valence-corrected chi connectivity index (χ2v) is 5.61. The Morgan fingerprint density at radius 3 is 2.95 bits per heavy atom. The van der Waals surface area contributed by atoms with E-state index in [1.807, 2.05) is 32.0 Å². The molecule has 1 aromatic heterocycles. The summed E-state index contributed by atoms with van der Waals surface area (Å²) in [5.74, 6) is 0.195. The number of ether oxygens (including phenoxy) is 1. The summed E-state index contributed by atoms with van der Waals surface area (Å²) in [6.07, 6.45) is 2.25. The van der Waals surface area contributed by atoms with E-state index in [4.69, 9.17) is 16.3 Å². The molecule has 0 amide bonds. The molecule has 1 fully saturated rings. The molecule has 1 aromatic carbocycles. The third kappa shape index (κ3) is 2.29. The van der Waals surface area contributed by atoms with Crippen LogP contribution in [-0.4, -0.2) is 22.1 Å². The van der Waals surface area contributed by atoms with E-state index in [1.165, 1.54) is 0 Å². The molecule has 1 atom stereocenters. The number of hydrogen-bond donors (Lipinski definition) is 0. The van der Waals surface area contributed by atoms with E-state index in [2.05, 4.69) is 9.55 Å². The van der Waals surface area contributed by atoms with Gasteiger partial charge in [0, 0.05) is 11.1 Å². The summed E-state index contributed by atoms with van der Waals surface area (Å²) in [5, 5.41) is 0.689. The largest absolute Gasteiger partial charge is 0.465 e. The Bertz CT molecular complexity index is 661. The zero-order valence-corrected chi connectivity index (χ0v) is 12.4. The minimum Gasteiger partial charge on any atom is -0.465 e. The maximum absolute atomic E-state index is 12.0. The van der Waals surface area contributed by atoms with Crippen LogP contribution in [0.2, 0.25) is 5.02 Å². The molecule has 3 rings (SSSR count). The van der Waals surface area contributed by atoms with Gasteiger partial charge in [-0.15, -0.1) is 0 Å². The lowest BCUT2D eigenvalue weighted by Gasteiger charge is -2.13. The molecule has 106 valence electrons. The highest BCUT2D eigenvalue weighted by Crippen LogP contribution is 2.40. The zero-order chi connectivity index (χ0) is 14.3. The third-order valence-electron chi connectivity index (χ3n) is 3.62. The average Bonchev–Trinajstić information content (AvgIpc) is 3.19. The van der Waals surface area contributed by atoms with E-state index in [-0.39, 0.29) is 11.9 Å². The van der Waals surface area contributed by atoms with Crippen LogP contribution < -0.4 is 0 Å². The molecule has 0 spiro atoms. The van der Waals surface area contributed by atoms with Crippen molar-refractivity contribution in [3.05, 3.63) is 29.0 Å². The summed E-state index contributed by atoms with van der Waals surface area (Å²) >= 11 is 6.08. The Hall–Kier alpha value is -1.55. The number of carbonyl (C=O) groups excluding carboxylic acids is 1. The van der Waals surface area contributed by atoms with Crippen molar-refractivity contribution < 1.29 is 9.53 Å². The normalized spacial score (nSPS) is 16.4. The van der Waals surface area contributed by atoms with Gasteiger partial charge in [-0.05, 0) is 44.9 Å². The number of fused-ring (bicyclic) bond motifs is 1. The highest BCUT2D eigenvalue weighted by Gasteiger charge is 2.32. The highest BCUT2D eigenvalue weighted by atomic mass is 35.5. The number of hydrogen-bond acceptors (Lipinski definition) is 3. The van der Waals surface area contributed by atoms with Gasteiger partial charge >= 0.3 is 5.97 Å². The average molecular weight is 293 g/mol. The van der Waals surface area contributed by atoms with Crippen molar-refractivity contribution in [3.8, 4) is 0 Å². The molecule has 1 heterocycles. The lowest BCUT2D eigenvalue weighted by atomic mass is 10.1. The van der Waals surface area contributed by atoms with Gasteiger partial charge in [-0.2, -0.15) is 0 Å². The Morgan fingerprint density at radius 1 is 1.55 bits per heavy atom. The Labute approximate surface area is 122 Å². The van der Waals surface area contributed by atoms with E-state index < -0.39 is 0 Å². The number of imidazole rings is 1. The number of nitrogens with zero attached hydrogens (tertiary/aromatic N) is 2. The van der Waals surface area contributed by atoms with Gasteiger partial charge in [0.15, 0.2) is 0 Å². The molecule has 1 aliphatic rings. The van der Waals surface area contributed by atoms with Crippen molar-refractivity contribution in [2.45, 2.75) is 38.6 Å². The predicted molar refractivity (Wildman–Crippen MR) is 78.1 cm³/mol. The minimum absolute atomic E-state index is 0.226. The van der Waals surface area contributed by atoms with Gasteiger partial charge in [-0.25, -0.2) is 4.98 Å². The summed E-state index contributed by atoms with van der Waals surface area (Å²) in [5.41, 5.74) is 1.89. The first-order valence-electron chi connectivity index (χ1n) is 6.95. The quantitative estimate of drug-likeness (QED) is 0.807. The number of carbonyl (C=O) groups is 1. The van der Waals surface area contributed by atoms with Gasteiger partial charge in [0.1, 0.15) is 11.7 Å². The molecular weight excluding hydrogens is 276 g/mol. The first-order valence-corrected chi connectivity index (χ1v) is 7.33. The molecule has 2 aromatic rings. The van der Waals surface area contributed by atoms with E-state index in [9.17, 15) is 4.79 Å². The molecule has 4 nitrogen and oxygen atoms in total. The number of esters is 1. The SMILES string of the molecule is CCOC(=O)C(C)c1nc2ccc(Cl)cc2n1C1CC1. The molecule has 20 heavy (non-hydrogen) atoms. The molecular formula is C15H17ClN2O2. The Kier molecular flexibility index (Phi) is 3.42. The maximum Gasteiger partial charge on any atom is 0.316 e. The van der Waals surface area contributed by atoms with Crippen molar-refractivity contribution in [1.29, 1.82) is 0 Å². The smallest absolute Gasteiger partial charge is 0.316 e. The van der Waals surface area contributed by atoms with Gasteiger partial charge < -0.3 is 9.30 Å². The fourth-order valence-corrected chi connectivity index (χ4v) is 2.65. The summed E-state index contributed by atoms with van der Waals surface area (Å²) in [4.78, 5) is 16.6. The molecule has 5 heteroatoms. The van der Waals surface area contributed by atoms with Crippen LogP contribution in [0.3, 0.4) is 0 Å². The topological polar surface area (TPSA) is 44.1 Å². The number of halogens is 1. The lowest BCUT2D eigenvalue weighted by molar-refractivity contribution is -0.144. The molecule has 1 unspecified atom stereocenters. The van der Waals surface area contributed by atoms with Crippen molar-refractivity contribution in [2.24, 2.45) is 0 Å². The first kappa shape index (κ1) is 13.4. The van der Waals surface area contributed by atoms with Crippen molar-refractivity contribution in [1.82, 2.24) is 9.55 Å². The van der Waals surface area contributed by atoms with E-state index in [0.29, 0.717) is 17.7 Å². The van der Waals surface area contributed by atoms with Crippen LogP contribution in [0.15, 0.2) is 18.2 Å². The summed E-state index contributed by atoms with van der Waals surface area (Å²) in [7, 11) is 0. The van der Waals surface area contributed by atoms with Crippen LogP contribution >= 0.6 is 11.6 Å². The van der Waals surface area contributed by atoms with Crippen LogP contribution in [0, 0.1) is 0 Å². The predicted octanol–water partition coefficient (Wildman–Crippen LogP) is 3.69. The Balaban J connectivity index is 2.10. The molecule has 1 aliphatic carbocycles. The molecule has 0 N–H and O–H groups in total. The monoisotopic (exact) mass is 292 g/mol. The van der Waals surface area contributed by atoms with Crippen LogP contribution in [0.4, 0.5) is 0 Å². The maximum atomic E-state index is 12.0. The fourth-order valence-electron chi connectivity index (χ4n) is 2.48. The second-order valence-electron chi connectivity index (χ2n) is 5.18. The zero-order valence-electron chi connectivity index (χ0n) is 11.6. The van der Waals surface area contributed by atoms with E-state index >= 15 is 0 Å². The second kappa shape index (κ2) is 5.09. The van der Waals surface area contributed by atoms with Gasteiger partial charge in [0.25, 0.3) is 0 Å².